The number of carboxylic acid groups (broad SMARTS) is 1. The van der Waals surface area contributed by atoms with Gasteiger partial charge >= 0.3 is 30.3 Å². The van der Waals surface area contributed by atoms with Gasteiger partial charge in [0.2, 0.25) is 0 Å². The van der Waals surface area contributed by atoms with Crippen molar-refractivity contribution in [2.45, 2.75) is 123 Å². The Hall–Kier alpha value is -2.09. The normalized spacial score (nSPS) is 26.0. The van der Waals surface area contributed by atoms with Crippen LogP contribution in [0.2, 0.25) is 0 Å². The molecule has 2 fully saturated rings. The number of halogens is 6. The van der Waals surface area contributed by atoms with Crippen molar-refractivity contribution < 1.29 is 65.5 Å². The molecule has 2 rings (SSSR count). The van der Waals surface area contributed by atoms with E-state index in [9.17, 15) is 56.0 Å². The summed E-state index contributed by atoms with van der Waals surface area (Å²) in [4.78, 5) is 38.9. The van der Waals surface area contributed by atoms with E-state index in [0.29, 0.717) is 0 Å². The van der Waals surface area contributed by atoms with E-state index in [1.165, 1.54) is 34.6 Å². The van der Waals surface area contributed by atoms with Crippen molar-refractivity contribution in [1.82, 2.24) is 0 Å². The number of esters is 2. The second-order valence-electron chi connectivity index (χ2n) is 14.4. The van der Waals surface area contributed by atoms with Crippen LogP contribution >= 0.6 is 0 Å². The summed E-state index contributed by atoms with van der Waals surface area (Å²) in [5, 5.41) is 29.4. The molecule has 0 radical (unpaired) electrons. The highest BCUT2D eigenvalue weighted by molar-refractivity contribution is 5.82. The Kier molecular flexibility index (Phi) is 10.4. The maximum absolute atomic E-state index is 13.8. The summed E-state index contributed by atoms with van der Waals surface area (Å²) < 4.78 is 90.7. The predicted octanol–water partition coefficient (Wildman–Crippen LogP) is 5.82. The minimum atomic E-state index is -5.92. The minimum Gasteiger partial charge on any atom is -0.481 e. The first-order valence-corrected chi connectivity index (χ1v) is 14.3. The summed E-state index contributed by atoms with van der Waals surface area (Å²) in [7, 11) is 0. The fraction of sp³-hybridized carbons (Fsp3) is 0.897. The molecule has 0 aromatic rings. The maximum Gasteiger partial charge on any atom is 0.426 e. The Morgan fingerprint density at radius 1 is 0.767 bits per heavy atom. The second kappa shape index (κ2) is 12.0. The van der Waals surface area contributed by atoms with Gasteiger partial charge in [-0.3, -0.25) is 14.4 Å². The lowest BCUT2D eigenvalue weighted by molar-refractivity contribution is -0.373. The highest BCUT2D eigenvalue weighted by atomic mass is 19.4. The first kappa shape index (κ1) is 37.1. The molecule has 6 atom stereocenters. The van der Waals surface area contributed by atoms with Crippen LogP contribution in [-0.2, 0) is 23.9 Å². The molecule has 14 heteroatoms. The highest BCUT2D eigenvalue weighted by Crippen LogP contribution is 2.56. The third kappa shape index (κ3) is 8.15. The van der Waals surface area contributed by atoms with Crippen LogP contribution in [-0.4, -0.2) is 69.5 Å². The molecule has 43 heavy (non-hydrogen) atoms. The number of carbonyl (C=O) groups excluding carboxylic acids is 2. The molecule has 3 N–H and O–H groups in total. The number of hydrogen-bond donors (Lipinski definition) is 3. The van der Waals surface area contributed by atoms with E-state index in [4.69, 9.17) is 9.47 Å². The van der Waals surface area contributed by atoms with Crippen molar-refractivity contribution in [3.05, 3.63) is 0 Å². The van der Waals surface area contributed by atoms with Crippen LogP contribution in [0.1, 0.15) is 93.4 Å². The Balaban J connectivity index is 2.27. The standard InChI is InChI=1S/C29H44F6O8/c1-8-25(6,21(38)42-15-24(4,5)40)14-26(7,13-23(2,3)20(36)37)22(39)43-19-11-16-9-17(19)10-18(16)12-27(41,28(30,31)32)29(33,34)35/h16-19,40-41H,8-15H2,1-7H3,(H,36,37). The number of rotatable bonds is 13. The zero-order chi connectivity index (χ0) is 33.6. The Bertz CT molecular complexity index is 1040. The number of aliphatic hydroxyl groups is 2. The van der Waals surface area contributed by atoms with E-state index >= 15 is 0 Å². The summed E-state index contributed by atoms with van der Waals surface area (Å²) in [5.74, 6) is -5.06. The van der Waals surface area contributed by atoms with Gasteiger partial charge < -0.3 is 24.8 Å². The first-order valence-electron chi connectivity index (χ1n) is 14.3. The van der Waals surface area contributed by atoms with Crippen molar-refractivity contribution >= 4 is 17.9 Å². The first-order chi connectivity index (χ1) is 19.1. The van der Waals surface area contributed by atoms with E-state index in [2.05, 4.69) is 0 Å². The molecule has 2 aliphatic rings. The van der Waals surface area contributed by atoms with Crippen molar-refractivity contribution in [2.24, 2.45) is 34.0 Å². The lowest BCUT2D eigenvalue weighted by Crippen LogP contribution is -2.58. The van der Waals surface area contributed by atoms with E-state index < -0.39 is 88.0 Å². The van der Waals surface area contributed by atoms with Crippen LogP contribution in [0.4, 0.5) is 26.3 Å². The number of alkyl halides is 6. The van der Waals surface area contributed by atoms with Crippen molar-refractivity contribution in [1.29, 1.82) is 0 Å². The van der Waals surface area contributed by atoms with Crippen LogP contribution in [0.15, 0.2) is 0 Å². The molecule has 0 amide bonds. The Morgan fingerprint density at radius 2 is 1.30 bits per heavy atom. The van der Waals surface area contributed by atoms with Crippen LogP contribution in [0, 0.1) is 34.0 Å². The topological polar surface area (TPSA) is 130 Å². The van der Waals surface area contributed by atoms with Gasteiger partial charge in [0.05, 0.1) is 21.8 Å². The minimum absolute atomic E-state index is 0.00998. The average molecular weight is 635 g/mol. The Morgan fingerprint density at radius 3 is 1.70 bits per heavy atom. The molecule has 250 valence electrons. The van der Waals surface area contributed by atoms with Crippen molar-refractivity contribution in [3.63, 3.8) is 0 Å². The lowest BCUT2D eigenvalue weighted by Gasteiger charge is -2.41. The average Bonchev–Trinajstić information content (AvgIpc) is 3.39. The zero-order valence-corrected chi connectivity index (χ0v) is 25.6. The van der Waals surface area contributed by atoms with Crippen LogP contribution in [0.3, 0.4) is 0 Å². The van der Waals surface area contributed by atoms with E-state index in [0.717, 1.165) is 0 Å². The molecule has 0 aliphatic heterocycles. The molecule has 2 saturated carbocycles. The van der Waals surface area contributed by atoms with Gasteiger partial charge in [-0.25, -0.2) is 0 Å². The molecule has 0 aromatic heterocycles. The molecular formula is C29H44F6O8. The number of carbonyl (C=O) groups is 3. The smallest absolute Gasteiger partial charge is 0.426 e. The van der Waals surface area contributed by atoms with E-state index in [-0.39, 0.29) is 45.1 Å². The maximum atomic E-state index is 13.8. The molecule has 0 aromatic carbocycles. The molecule has 2 bridgehead atoms. The van der Waals surface area contributed by atoms with Gasteiger partial charge in [0.25, 0.3) is 5.60 Å². The third-order valence-corrected chi connectivity index (χ3v) is 9.21. The highest BCUT2D eigenvalue weighted by Gasteiger charge is 2.71. The molecule has 0 spiro atoms. The van der Waals surface area contributed by atoms with Gasteiger partial charge in [-0.1, -0.05) is 6.92 Å². The van der Waals surface area contributed by atoms with Gasteiger partial charge in [-0.2, -0.15) is 26.3 Å². The largest absolute Gasteiger partial charge is 0.481 e. The van der Waals surface area contributed by atoms with Gasteiger partial charge in [0, 0.05) is 0 Å². The van der Waals surface area contributed by atoms with Gasteiger partial charge in [0.1, 0.15) is 12.7 Å². The van der Waals surface area contributed by atoms with Crippen LogP contribution in [0.5, 0.6) is 0 Å². The summed E-state index contributed by atoms with van der Waals surface area (Å²) in [6.45, 7) is 10.0. The summed E-state index contributed by atoms with van der Waals surface area (Å²) in [5.41, 5.74) is -10.5. The van der Waals surface area contributed by atoms with Gasteiger partial charge in [-0.15, -0.1) is 0 Å². The lowest BCUT2D eigenvalue weighted by atomic mass is 9.65. The summed E-state index contributed by atoms with van der Waals surface area (Å²) >= 11 is 0. The molecule has 0 heterocycles. The number of carboxylic acids is 1. The predicted molar refractivity (Wildman–Crippen MR) is 140 cm³/mol. The van der Waals surface area contributed by atoms with Gasteiger partial charge in [0.15, 0.2) is 0 Å². The number of hydrogen-bond acceptors (Lipinski definition) is 7. The fourth-order valence-electron chi connectivity index (χ4n) is 6.66. The van der Waals surface area contributed by atoms with Crippen LogP contribution < -0.4 is 0 Å². The number of aliphatic carboxylic acids is 1. The van der Waals surface area contributed by atoms with Gasteiger partial charge in [-0.05, 0) is 104 Å². The molecule has 6 unspecified atom stereocenters. The third-order valence-electron chi connectivity index (χ3n) is 9.21. The molecule has 0 saturated heterocycles. The van der Waals surface area contributed by atoms with Crippen molar-refractivity contribution in [2.75, 3.05) is 6.61 Å². The molecule has 2 aliphatic carbocycles. The zero-order valence-electron chi connectivity index (χ0n) is 25.6. The quantitative estimate of drug-likeness (QED) is 0.171. The molecule has 8 nitrogen and oxygen atoms in total. The second-order valence-corrected chi connectivity index (χ2v) is 14.4. The Labute approximate surface area is 247 Å². The van der Waals surface area contributed by atoms with Crippen LogP contribution in [0.25, 0.3) is 0 Å². The summed E-state index contributed by atoms with van der Waals surface area (Å²) in [6, 6.07) is 0. The number of ether oxygens (including phenoxy) is 2. The van der Waals surface area contributed by atoms with E-state index in [1.807, 2.05) is 0 Å². The summed E-state index contributed by atoms with van der Waals surface area (Å²) in [6.07, 6.45) is -14.4. The van der Waals surface area contributed by atoms with E-state index in [1.54, 1.807) is 13.8 Å². The van der Waals surface area contributed by atoms with Crippen molar-refractivity contribution in [3.8, 4) is 0 Å². The SMILES string of the molecule is CCC(C)(CC(C)(CC(C)(C)C(=O)O)C(=O)OC1CC2CC1CC2CC(O)(C(F)(F)F)C(F)(F)F)C(=O)OCC(C)(C)O. The number of fused-ring (bicyclic) bond motifs is 2. The fourth-order valence-corrected chi connectivity index (χ4v) is 6.66. The monoisotopic (exact) mass is 634 g/mol. The molecular weight excluding hydrogens is 590 g/mol.